The first-order valence-corrected chi connectivity index (χ1v) is 7.36. The normalized spacial score (nSPS) is 14.8. The van der Waals surface area contributed by atoms with Gasteiger partial charge in [-0.2, -0.15) is 0 Å². The van der Waals surface area contributed by atoms with Crippen molar-refractivity contribution in [1.29, 1.82) is 0 Å². The minimum Gasteiger partial charge on any atom is -0.314 e. The van der Waals surface area contributed by atoms with Crippen molar-refractivity contribution in [2.45, 2.75) is 40.2 Å². The molecule has 0 radical (unpaired) electrons. The minimum absolute atomic E-state index is 0.111. The maximum atomic E-state index is 13.7. The lowest BCUT2D eigenvalue weighted by molar-refractivity contribution is 0.351. The third-order valence-corrected chi connectivity index (χ3v) is 3.87. The molecule has 0 amide bonds. The van der Waals surface area contributed by atoms with Gasteiger partial charge in [-0.05, 0) is 42.5 Å². The fourth-order valence-corrected chi connectivity index (χ4v) is 2.19. The monoisotopic (exact) mass is 315 g/mol. The number of nitrogens with one attached hydrogen (secondary N) is 1. The maximum absolute atomic E-state index is 13.7. The molecule has 2 atom stereocenters. The topological polar surface area (TPSA) is 12.0 Å². The van der Waals surface area contributed by atoms with E-state index in [0.717, 1.165) is 23.0 Å². The molecule has 18 heavy (non-hydrogen) atoms. The molecular formula is C15H23BrFN. The van der Waals surface area contributed by atoms with E-state index in [1.807, 2.05) is 12.1 Å². The zero-order chi connectivity index (χ0) is 13.7. The Morgan fingerprint density at radius 3 is 2.39 bits per heavy atom. The number of benzene rings is 1. The third kappa shape index (κ3) is 5.07. The summed E-state index contributed by atoms with van der Waals surface area (Å²) in [5, 5.41) is 3.43. The molecular weight excluding hydrogens is 293 g/mol. The van der Waals surface area contributed by atoms with Gasteiger partial charge in [0, 0.05) is 10.5 Å². The van der Waals surface area contributed by atoms with Gasteiger partial charge in [0.25, 0.3) is 0 Å². The molecule has 0 aliphatic carbocycles. The van der Waals surface area contributed by atoms with Crippen LogP contribution in [0.3, 0.4) is 0 Å². The van der Waals surface area contributed by atoms with Crippen LogP contribution in [0.15, 0.2) is 22.7 Å². The van der Waals surface area contributed by atoms with Gasteiger partial charge >= 0.3 is 0 Å². The highest BCUT2D eigenvalue weighted by Crippen LogP contribution is 2.21. The maximum Gasteiger partial charge on any atom is 0.127 e. The fraction of sp³-hybridized carbons (Fsp3) is 0.600. The molecule has 0 bridgehead atoms. The summed E-state index contributed by atoms with van der Waals surface area (Å²) in [6.45, 7) is 9.68. The molecule has 0 spiro atoms. The predicted octanol–water partition coefficient (Wildman–Crippen LogP) is 4.40. The van der Waals surface area contributed by atoms with E-state index in [4.69, 9.17) is 0 Å². The second kappa shape index (κ2) is 7.25. The largest absolute Gasteiger partial charge is 0.314 e. The lowest BCUT2D eigenvalue weighted by Gasteiger charge is -2.22. The van der Waals surface area contributed by atoms with E-state index >= 15 is 0 Å². The summed E-state index contributed by atoms with van der Waals surface area (Å²) in [6, 6.07) is 5.82. The molecule has 0 heterocycles. The van der Waals surface area contributed by atoms with Crippen LogP contribution in [0.4, 0.5) is 4.39 Å². The Morgan fingerprint density at radius 1 is 1.17 bits per heavy atom. The Bertz CT molecular complexity index is 379. The van der Waals surface area contributed by atoms with Gasteiger partial charge in [-0.15, -0.1) is 0 Å². The van der Waals surface area contributed by atoms with Crippen molar-refractivity contribution in [2.75, 3.05) is 6.54 Å². The van der Waals surface area contributed by atoms with E-state index in [2.05, 4.69) is 48.9 Å². The summed E-state index contributed by atoms with van der Waals surface area (Å²) in [5.41, 5.74) is 0.807. The van der Waals surface area contributed by atoms with Crippen molar-refractivity contribution in [3.63, 3.8) is 0 Å². The van der Waals surface area contributed by atoms with Crippen LogP contribution in [0.25, 0.3) is 0 Å². The standard InChI is InChI=1S/C15H23BrFN/c1-10(2)18-9-12(4)11(3)7-13-5-6-14(16)8-15(13)17/h5-6,8,10-12,18H,7,9H2,1-4H3. The van der Waals surface area contributed by atoms with Crippen LogP contribution in [-0.2, 0) is 6.42 Å². The second-order valence-corrected chi connectivity index (χ2v) is 6.37. The molecule has 1 nitrogen and oxygen atoms in total. The Balaban J connectivity index is 2.55. The molecule has 102 valence electrons. The van der Waals surface area contributed by atoms with Crippen LogP contribution in [-0.4, -0.2) is 12.6 Å². The summed E-state index contributed by atoms with van der Waals surface area (Å²) in [5.74, 6) is 0.891. The van der Waals surface area contributed by atoms with E-state index in [0.29, 0.717) is 17.9 Å². The minimum atomic E-state index is -0.111. The lowest BCUT2D eigenvalue weighted by atomic mass is 9.89. The third-order valence-electron chi connectivity index (χ3n) is 3.38. The second-order valence-electron chi connectivity index (χ2n) is 5.46. The first-order valence-electron chi connectivity index (χ1n) is 6.57. The molecule has 0 aliphatic heterocycles. The van der Waals surface area contributed by atoms with E-state index in [1.165, 1.54) is 0 Å². The average Bonchev–Trinajstić information content (AvgIpc) is 2.29. The molecule has 1 N–H and O–H groups in total. The highest BCUT2D eigenvalue weighted by molar-refractivity contribution is 9.10. The van der Waals surface area contributed by atoms with Crippen LogP contribution in [0.1, 0.15) is 33.3 Å². The van der Waals surface area contributed by atoms with Crippen LogP contribution >= 0.6 is 15.9 Å². The molecule has 1 aromatic rings. The Kier molecular flexibility index (Phi) is 6.30. The van der Waals surface area contributed by atoms with Crippen molar-refractivity contribution < 1.29 is 4.39 Å². The van der Waals surface area contributed by atoms with Crippen LogP contribution in [0.5, 0.6) is 0 Å². The van der Waals surface area contributed by atoms with Gasteiger partial charge in [-0.1, -0.05) is 49.7 Å². The fourth-order valence-electron chi connectivity index (χ4n) is 1.86. The molecule has 0 saturated carbocycles. The number of hydrogen-bond acceptors (Lipinski definition) is 1. The van der Waals surface area contributed by atoms with Crippen molar-refractivity contribution in [1.82, 2.24) is 5.32 Å². The first kappa shape index (κ1) is 15.6. The summed E-state index contributed by atoms with van der Waals surface area (Å²) in [7, 11) is 0. The van der Waals surface area contributed by atoms with Gasteiger partial charge in [0.15, 0.2) is 0 Å². The molecule has 0 fully saturated rings. The molecule has 0 aromatic heterocycles. The highest BCUT2D eigenvalue weighted by Gasteiger charge is 2.15. The van der Waals surface area contributed by atoms with Gasteiger partial charge in [0.1, 0.15) is 5.82 Å². The zero-order valence-corrected chi connectivity index (χ0v) is 13.2. The highest BCUT2D eigenvalue weighted by atomic mass is 79.9. The number of halogens is 2. The van der Waals surface area contributed by atoms with E-state index < -0.39 is 0 Å². The summed E-state index contributed by atoms with van der Waals surface area (Å²) in [4.78, 5) is 0. The van der Waals surface area contributed by atoms with Gasteiger partial charge in [0.05, 0.1) is 0 Å². The predicted molar refractivity (Wildman–Crippen MR) is 79.3 cm³/mol. The van der Waals surface area contributed by atoms with Gasteiger partial charge in [-0.3, -0.25) is 0 Å². The SMILES string of the molecule is CC(C)NCC(C)C(C)Cc1ccc(Br)cc1F. The molecule has 3 heteroatoms. The average molecular weight is 316 g/mol. The quantitative estimate of drug-likeness (QED) is 0.820. The smallest absolute Gasteiger partial charge is 0.127 e. The summed E-state index contributed by atoms with van der Waals surface area (Å²) >= 11 is 3.28. The van der Waals surface area contributed by atoms with E-state index in [-0.39, 0.29) is 5.82 Å². The van der Waals surface area contributed by atoms with Crippen molar-refractivity contribution in [2.24, 2.45) is 11.8 Å². The van der Waals surface area contributed by atoms with Crippen LogP contribution in [0, 0.1) is 17.7 Å². The first-order chi connectivity index (χ1) is 8.40. The summed E-state index contributed by atoms with van der Waals surface area (Å²) in [6.07, 6.45) is 0.792. The Labute approximate surface area is 118 Å². The van der Waals surface area contributed by atoms with Crippen molar-refractivity contribution >= 4 is 15.9 Å². The van der Waals surface area contributed by atoms with Gasteiger partial charge < -0.3 is 5.32 Å². The molecule has 1 rings (SSSR count). The lowest BCUT2D eigenvalue weighted by Crippen LogP contribution is -2.31. The van der Waals surface area contributed by atoms with E-state index in [1.54, 1.807) is 6.07 Å². The number of rotatable bonds is 6. The molecule has 0 saturated heterocycles. The van der Waals surface area contributed by atoms with Crippen molar-refractivity contribution in [3.05, 3.63) is 34.1 Å². The molecule has 2 unspecified atom stereocenters. The number of hydrogen-bond donors (Lipinski definition) is 1. The molecule has 1 aromatic carbocycles. The van der Waals surface area contributed by atoms with Crippen molar-refractivity contribution in [3.8, 4) is 0 Å². The summed E-state index contributed by atoms with van der Waals surface area (Å²) < 4.78 is 14.5. The zero-order valence-electron chi connectivity index (χ0n) is 11.6. The Hall–Kier alpha value is -0.410. The van der Waals surface area contributed by atoms with Gasteiger partial charge in [0.2, 0.25) is 0 Å². The van der Waals surface area contributed by atoms with Gasteiger partial charge in [-0.25, -0.2) is 4.39 Å². The Morgan fingerprint density at radius 2 is 1.83 bits per heavy atom. The molecule has 0 aliphatic rings. The van der Waals surface area contributed by atoms with E-state index in [9.17, 15) is 4.39 Å². The van der Waals surface area contributed by atoms with Crippen LogP contribution in [0.2, 0.25) is 0 Å². The van der Waals surface area contributed by atoms with Crippen LogP contribution < -0.4 is 5.32 Å².